The van der Waals surface area contributed by atoms with Crippen LogP contribution in [0.15, 0.2) is 30.5 Å². The molecular weight excluding hydrogens is 388 g/mol. The number of esters is 1. The first-order valence-electron chi connectivity index (χ1n) is 8.57. The lowest BCUT2D eigenvalue weighted by Crippen LogP contribution is -2.30. The van der Waals surface area contributed by atoms with Gasteiger partial charge < -0.3 is 19.4 Å². The van der Waals surface area contributed by atoms with Gasteiger partial charge in [-0.05, 0) is 26.8 Å². The Labute approximate surface area is 163 Å². The number of para-hydroxylation sites is 1. The van der Waals surface area contributed by atoms with Gasteiger partial charge >= 0.3 is 21.4 Å². The third-order valence-corrected chi connectivity index (χ3v) is 4.42. The fourth-order valence-corrected chi connectivity index (χ4v) is 3.06. The standard InChI is InChI=1S/C18H24N2O7S/c1-13(21)25-10-9-20-11-15(14-7-5-6-8-16(14)20)19-12-26-28(23,24)17(22)27-18(2,3)4/h5-8,11,19H,9-10,12H2,1-4H3. The Bertz CT molecular complexity index is 958. The average Bonchev–Trinajstić information content (AvgIpc) is 2.91. The zero-order valence-corrected chi connectivity index (χ0v) is 17.0. The van der Waals surface area contributed by atoms with Gasteiger partial charge in [0.15, 0.2) is 0 Å². The molecule has 28 heavy (non-hydrogen) atoms. The summed E-state index contributed by atoms with van der Waals surface area (Å²) >= 11 is 0. The lowest BCUT2D eigenvalue weighted by molar-refractivity contribution is -0.141. The number of ether oxygens (including phenoxy) is 2. The number of benzene rings is 1. The lowest BCUT2D eigenvalue weighted by atomic mass is 10.2. The van der Waals surface area contributed by atoms with Crippen LogP contribution in [-0.2, 0) is 35.1 Å². The van der Waals surface area contributed by atoms with Crippen molar-refractivity contribution in [1.29, 1.82) is 0 Å². The number of hydrogen-bond donors (Lipinski definition) is 1. The molecular formula is C18H24N2O7S. The smallest absolute Gasteiger partial charge is 0.452 e. The van der Waals surface area contributed by atoms with Gasteiger partial charge in [0.1, 0.15) is 18.9 Å². The largest absolute Gasteiger partial charge is 0.464 e. The summed E-state index contributed by atoms with van der Waals surface area (Å²) in [7, 11) is -4.52. The Morgan fingerprint density at radius 1 is 1.18 bits per heavy atom. The predicted molar refractivity (Wildman–Crippen MR) is 103 cm³/mol. The Balaban J connectivity index is 2.06. The molecule has 9 nitrogen and oxygen atoms in total. The van der Waals surface area contributed by atoms with Crippen molar-refractivity contribution < 1.29 is 31.7 Å². The summed E-state index contributed by atoms with van der Waals surface area (Å²) in [4.78, 5) is 22.6. The number of aromatic nitrogens is 1. The van der Waals surface area contributed by atoms with Crippen LogP contribution in [0.2, 0.25) is 0 Å². The average molecular weight is 412 g/mol. The Morgan fingerprint density at radius 2 is 1.86 bits per heavy atom. The normalized spacial score (nSPS) is 12.0. The van der Waals surface area contributed by atoms with Gasteiger partial charge in [-0.15, -0.1) is 0 Å². The molecule has 0 fully saturated rings. The van der Waals surface area contributed by atoms with Crippen LogP contribution in [0.25, 0.3) is 10.9 Å². The molecule has 0 radical (unpaired) electrons. The summed E-state index contributed by atoms with van der Waals surface area (Å²) < 4.78 is 40.1. The first kappa shape index (κ1) is 21.7. The number of carbonyl (C=O) groups is 2. The fourth-order valence-electron chi connectivity index (χ4n) is 2.39. The van der Waals surface area contributed by atoms with Crippen LogP contribution in [0.4, 0.5) is 10.5 Å². The minimum absolute atomic E-state index is 0.205. The second kappa shape index (κ2) is 8.61. The van der Waals surface area contributed by atoms with Gasteiger partial charge in [0.05, 0.1) is 17.7 Å². The highest BCUT2D eigenvalue weighted by Crippen LogP contribution is 2.26. The maximum atomic E-state index is 11.9. The molecule has 0 saturated heterocycles. The molecule has 1 aromatic heterocycles. The van der Waals surface area contributed by atoms with E-state index in [1.165, 1.54) is 6.92 Å². The SMILES string of the molecule is CC(=O)OCCn1cc(NCOS(=O)(=O)C(=O)OC(C)(C)C)c2ccccc21. The summed E-state index contributed by atoms with van der Waals surface area (Å²) in [6, 6.07) is 7.43. The molecule has 0 atom stereocenters. The Kier molecular flexibility index (Phi) is 6.68. The third kappa shape index (κ3) is 5.96. The molecule has 0 saturated carbocycles. The molecule has 154 valence electrons. The van der Waals surface area contributed by atoms with Crippen LogP contribution in [0.1, 0.15) is 27.7 Å². The van der Waals surface area contributed by atoms with E-state index in [-0.39, 0.29) is 12.6 Å². The maximum Gasteiger partial charge on any atom is 0.452 e. The van der Waals surface area contributed by atoms with E-state index in [1.54, 1.807) is 27.0 Å². The van der Waals surface area contributed by atoms with Gasteiger partial charge in [-0.25, -0.2) is 8.98 Å². The summed E-state index contributed by atoms with van der Waals surface area (Å²) in [5.74, 6) is -0.365. The Morgan fingerprint density at radius 3 is 2.50 bits per heavy atom. The molecule has 1 heterocycles. The molecule has 0 aliphatic heterocycles. The number of nitrogens with zero attached hydrogens (tertiary/aromatic N) is 1. The van der Waals surface area contributed by atoms with E-state index < -0.39 is 27.8 Å². The molecule has 10 heteroatoms. The van der Waals surface area contributed by atoms with Crippen LogP contribution >= 0.6 is 0 Å². The van der Waals surface area contributed by atoms with Crippen molar-refractivity contribution in [2.45, 2.75) is 39.8 Å². The first-order valence-corrected chi connectivity index (χ1v) is 9.98. The molecule has 0 unspecified atom stereocenters. The van der Waals surface area contributed by atoms with Gasteiger partial charge in [0.25, 0.3) is 0 Å². The van der Waals surface area contributed by atoms with Gasteiger partial charge in [-0.1, -0.05) is 18.2 Å². The molecule has 0 aliphatic rings. The predicted octanol–water partition coefficient (Wildman–Crippen LogP) is 2.86. The summed E-state index contributed by atoms with van der Waals surface area (Å²) in [5, 5.41) is 2.23. The molecule has 0 amide bonds. The van der Waals surface area contributed by atoms with E-state index in [0.717, 1.165) is 10.9 Å². The highest BCUT2D eigenvalue weighted by molar-refractivity contribution is 8.01. The van der Waals surface area contributed by atoms with Crippen LogP contribution in [0.3, 0.4) is 0 Å². The topological polar surface area (TPSA) is 113 Å². The number of nitrogens with one attached hydrogen (secondary N) is 1. The minimum atomic E-state index is -4.52. The van der Waals surface area contributed by atoms with Crippen LogP contribution < -0.4 is 5.32 Å². The Hall–Kier alpha value is -2.59. The number of hydrogen-bond acceptors (Lipinski definition) is 8. The number of anilines is 1. The van der Waals surface area contributed by atoms with E-state index in [1.807, 2.05) is 28.8 Å². The molecule has 1 N–H and O–H groups in total. The molecule has 2 aromatic rings. The van der Waals surface area contributed by atoms with Crippen molar-refractivity contribution in [3.05, 3.63) is 30.5 Å². The van der Waals surface area contributed by atoms with E-state index in [4.69, 9.17) is 13.7 Å². The first-order chi connectivity index (χ1) is 13.0. The van der Waals surface area contributed by atoms with Gasteiger partial charge in [-0.3, -0.25) is 4.79 Å². The lowest BCUT2D eigenvalue weighted by Gasteiger charge is -2.18. The summed E-state index contributed by atoms with van der Waals surface area (Å²) in [5.41, 5.74) is 0.529. The van der Waals surface area contributed by atoms with Gasteiger partial charge in [-0.2, -0.15) is 8.42 Å². The molecule has 1 aromatic carbocycles. The van der Waals surface area contributed by atoms with Crippen molar-refractivity contribution >= 4 is 38.0 Å². The van der Waals surface area contributed by atoms with Crippen LogP contribution in [0.5, 0.6) is 0 Å². The zero-order valence-electron chi connectivity index (χ0n) is 16.2. The molecule has 0 aliphatic carbocycles. The highest BCUT2D eigenvalue weighted by atomic mass is 32.2. The van der Waals surface area contributed by atoms with Crippen LogP contribution in [-0.4, -0.2) is 43.2 Å². The summed E-state index contributed by atoms with van der Waals surface area (Å²) in [6.45, 7) is 6.20. The van der Waals surface area contributed by atoms with Gasteiger partial charge in [0.2, 0.25) is 0 Å². The van der Waals surface area contributed by atoms with Crippen molar-refractivity contribution in [2.24, 2.45) is 0 Å². The van der Waals surface area contributed by atoms with E-state index >= 15 is 0 Å². The van der Waals surface area contributed by atoms with E-state index in [0.29, 0.717) is 12.2 Å². The quantitative estimate of drug-likeness (QED) is 0.420. The number of carbonyl (C=O) groups excluding carboxylic acids is 2. The van der Waals surface area contributed by atoms with Crippen LogP contribution in [0, 0.1) is 0 Å². The highest BCUT2D eigenvalue weighted by Gasteiger charge is 2.30. The number of rotatable bonds is 7. The second-order valence-corrected chi connectivity index (χ2v) is 8.43. The molecule has 2 rings (SSSR count). The van der Waals surface area contributed by atoms with E-state index in [9.17, 15) is 18.0 Å². The van der Waals surface area contributed by atoms with Crippen molar-refractivity contribution in [2.75, 3.05) is 18.7 Å². The second-order valence-electron chi connectivity index (χ2n) is 6.95. The zero-order chi connectivity index (χ0) is 20.9. The fraction of sp³-hybridized carbons (Fsp3) is 0.444. The number of fused-ring (bicyclic) bond motifs is 1. The monoisotopic (exact) mass is 412 g/mol. The maximum absolute atomic E-state index is 11.9. The minimum Gasteiger partial charge on any atom is -0.464 e. The van der Waals surface area contributed by atoms with Crippen molar-refractivity contribution in [3.8, 4) is 0 Å². The van der Waals surface area contributed by atoms with E-state index in [2.05, 4.69) is 5.32 Å². The molecule has 0 spiro atoms. The molecule has 0 bridgehead atoms. The van der Waals surface area contributed by atoms with Crippen molar-refractivity contribution in [3.63, 3.8) is 0 Å². The summed E-state index contributed by atoms with van der Waals surface area (Å²) in [6.07, 6.45) is 1.75. The third-order valence-electron chi connectivity index (χ3n) is 3.50. The van der Waals surface area contributed by atoms with Gasteiger partial charge in [0, 0.05) is 18.5 Å². The van der Waals surface area contributed by atoms with Crippen molar-refractivity contribution in [1.82, 2.24) is 4.57 Å².